The van der Waals surface area contributed by atoms with E-state index < -0.39 is 11.9 Å². The van der Waals surface area contributed by atoms with Crippen molar-refractivity contribution in [3.8, 4) is 0 Å². The standard InChI is InChI=1S/C15H21NO3/c1-4-7-16-14(17)9-13(15(18)19)12-6-5-10(2)8-11(12)3/h5-6,8,13H,4,7,9H2,1-3H3,(H,16,17)(H,18,19). The highest BCUT2D eigenvalue weighted by molar-refractivity contribution is 5.86. The molecule has 1 aromatic carbocycles. The van der Waals surface area contributed by atoms with Crippen molar-refractivity contribution in [1.82, 2.24) is 5.32 Å². The molecule has 0 aliphatic heterocycles. The Morgan fingerprint density at radius 1 is 1.32 bits per heavy atom. The third kappa shape index (κ3) is 4.39. The fraction of sp³-hybridized carbons (Fsp3) is 0.467. The van der Waals surface area contributed by atoms with Gasteiger partial charge in [0.05, 0.1) is 5.92 Å². The molecule has 0 aliphatic rings. The van der Waals surface area contributed by atoms with Crippen LogP contribution >= 0.6 is 0 Å². The van der Waals surface area contributed by atoms with E-state index in [1.54, 1.807) is 6.07 Å². The van der Waals surface area contributed by atoms with E-state index in [9.17, 15) is 14.7 Å². The van der Waals surface area contributed by atoms with Gasteiger partial charge in [-0.3, -0.25) is 9.59 Å². The number of amides is 1. The Bertz CT molecular complexity index is 468. The molecule has 1 amide bonds. The first kappa shape index (κ1) is 15.2. The minimum absolute atomic E-state index is 0.0146. The topological polar surface area (TPSA) is 66.4 Å². The fourth-order valence-corrected chi connectivity index (χ4v) is 2.07. The molecule has 0 aromatic heterocycles. The van der Waals surface area contributed by atoms with Gasteiger partial charge in [0.25, 0.3) is 0 Å². The summed E-state index contributed by atoms with van der Waals surface area (Å²) >= 11 is 0. The molecule has 1 aromatic rings. The van der Waals surface area contributed by atoms with Crippen LogP contribution in [0.2, 0.25) is 0 Å². The van der Waals surface area contributed by atoms with E-state index in [2.05, 4.69) is 5.32 Å². The molecular formula is C15H21NO3. The Labute approximate surface area is 113 Å². The number of hydrogen-bond acceptors (Lipinski definition) is 2. The second-order valence-electron chi connectivity index (χ2n) is 4.80. The van der Waals surface area contributed by atoms with E-state index in [0.717, 1.165) is 17.5 Å². The quantitative estimate of drug-likeness (QED) is 0.828. The van der Waals surface area contributed by atoms with Crippen molar-refractivity contribution >= 4 is 11.9 Å². The molecule has 0 radical (unpaired) electrons. The number of carbonyl (C=O) groups excluding carboxylic acids is 1. The molecule has 0 bridgehead atoms. The van der Waals surface area contributed by atoms with Crippen LogP contribution in [0.3, 0.4) is 0 Å². The predicted octanol–water partition coefficient (Wildman–Crippen LogP) is 2.39. The fourth-order valence-electron chi connectivity index (χ4n) is 2.07. The molecule has 0 saturated carbocycles. The molecule has 0 spiro atoms. The number of hydrogen-bond donors (Lipinski definition) is 2. The number of carboxylic acid groups (broad SMARTS) is 1. The van der Waals surface area contributed by atoms with Crippen molar-refractivity contribution in [1.29, 1.82) is 0 Å². The summed E-state index contributed by atoms with van der Waals surface area (Å²) in [5.74, 6) is -1.95. The van der Waals surface area contributed by atoms with E-state index in [1.165, 1.54) is 0 Å². The second kappa shape index (κ2) is 6.92. The van der Waals surface area contributed by atoms with Gasteiger partial charge in [0, 0.05) is 13.0 Å². The number of rotatable bonds is 6. The molecule has 19 heavy (non-hydrogen) atoms. The Hall–Kier alpha value is -1.84. The van der Waals surface area contributed by atoms with E-state index in [1.807, 2.05) is 32.9 Å². The number of carboxylic acids is 1. The molecule has 1 unspecified atom stereocenters. The predicted molar refractivity (Wildman–Crippen MR) is 74.2 cm³/mol. The van der Waals surface area contributed by atoms with Crippen LogP contribution in [0, 0.1) is 13.8 Å². The van der Waals surface area contributed by atoms with Gasteiger partial charge >= 0.3 is 5.97 Å². The number of benzene rings is 1. The molecule has 0 fully saturated rings. The Morgan fingerprint density at radius 3 is 2.53 bits per heavy atom. The van der Waals surface area contributed by atoms with E-state index in [4.69, 9.17) is 0 Å². The summed E-state index contributed by atoms with van der Waals surface area (Å²) in [6, 6.07) is 5.62. The maximum absolute atomic E-state index is 11.7. The molecular weight excluding hydrogens is 242 g/mol. The third-order valence-corrected chi connectivity index (χ3v) is 3.06. The SMILES string of the molecule is CCCNC(=O)CC(C(=O)O)c1ccc(C)cc1C. The first-order valence-electron chi connectivity index (χ1n) is 6.52. The minimum Gasteiger partial charge on any atom is -0.481 e. The lowest BCUT2D eigenvalue weighted by Crippen LogP contribution is -2.28. The zero-order valence-electron chi connectivity index (χ0n) is 11.7. The van der Waals surface area contributed by atoms with Gasteiger partial charge in [-0.15, -0.1) is 0 Å². The van der Waals surface area contributed by atoms with Crippen LogP contribution < -0.4 is 5.32 Å². The largest absolute Gasteiger partial charge is 0.481 e. The number of aliphatic carboxylic acids is 1. The zero-order valence-corrected chi connectivity index (χ0v) is 11.7. The van der Waals surface area contributed by atoms with Crippen LogP contribution in [-0.4, -0.2) is 23.5 Å². The van der Waals surface area contributed by atoms with Gasteiger partial charge in [0.2, 0.25) is 5.91 Å². The van der Waals surface area contributed by atoms with Crippen LogP contribution in [-0.2, 0) is 9.59 Å². The smallest absolute Gasteiger partial charge is 0.311 e. The summed E-state index contributed by atoms with van der Waals surface area (Å²) in [6.07, 6.45) is 0.826. The number of carbonyl (C=O) groups is 2. The molecule has 2 N–H and O–H groups in total. The second-order valence-corrected chi connectivity index (χ2v) is 4.80. The maximum Gasteiger partial charge on any atom is 0.311 e. The van der Waals surface area contributed by atoms with Crippen LogP contribution in [0.15, 0.2) is 18.2 Å². The van der Waals surface area contributed by atoms with Crippen LogP contribution in [0.5, 0.6) is 0 Å². The lowest BCUT2D eigenvalue weighted by atomic mass is 9.91. The summed E-state index contributed by atoms with van der Waals surface area (Å²) < 4.78 is 0. The molecule has 4 nitrogen and oxygen atoms in total. The normalized spacial score (nSPS) is 11.9. The summed E-state index contributed by atoms with van der Waals surface area (Å²) in [5.41, 5.74) is 2.71. The lowest BCUT2D eigenvalue weighted by Gasteiger charge is -2.15. The van der Waals surface area contributed by atoms with Crippen molar-refractivity contribution in [2.45, 2.75) is 39.5 Å². The summed E-state index contributed by atoms with van der Waals surface area (Å²) in [6.45, 7) is 6.37. The van der Waals surface area contributed by atoms with Crippen LogP contribution in [0.4, 0.5) is 0 Å². The van der Waals surface area contributed by atoms with Gasteiger partial charge in [-0.1, -0.05) is 30.7 Å². The van der Waals surface area contributed by atoms with Gasteiger partial charge < -0.3 is 10.4 Å². The highest BCUT2D eigenvalue weighted by Gasteiger charge is 2.24. The van der Waals surface area contributed by atoms with Crippen molar-refractivity contribution in [2.75, 3.05) is 6.54 Å². The van der Waals surface area contributed by atoms with Crippen molar-refractivity contribution in [2.24, 2.45) is 0 Å². The summed E-state index contributed by atoms with van der Waals surface area (Å²) in [4.78, 5) is 23.1. The zero-order chi connectivity index (χ0) is 14.4. The van der Waals surface area contributed by atoms with Gasteiger partial charge in [-0.25, -0.2) is 0 Å². The van der Waals surface area contributed by atoms with Gasteiger partial charge in [-0.2, -0.15) is 0 Å². The van der Waals surface area contributed by atoms with E-state index in [0.29, 0.717) is 12.1 Å². The molecule has 1 atom stereocenters. The minimum atomic E-state index is -0.960. The Kier molecular flexibility index (Phi) is 5.55. The first-order chi connectivity index (χ1) is 8.95. The molecule has 0 aliphatic carbocycles. The number of aryl methyl sites for hydroxylation is 2. The van der Waals surface area contributed by atoms with Crippen molar-refractivity contribution in [3.05, 3.63) is 34.9 Å². The monoisotopic (exact) mass is 263 g/mol. The molecule has 1 rings (SSSR count). The first-order valence-corrected chi connectivity index (χ1v) is 6.52. The average Bonchev–Trinajstić information content (AvgIpc) is 2.34. The molecule has 104 valence electrons. The van der Waals surface area contributed by atoms with Crippen molar-refractivity contribution < 1.29 is 14.7 Å². The van der Waals surface area contributed by atoms with Gasteiger partial charge in [0.15, 0.2) is 0 Å². The van der Waals surface area contributed by atoms with Crippen molar-refractivity contribution in [3.63, 3.8) is 0 Å². The Morgan fingerprint density at radius 2 is 2.00 bits per heavy atom. The molecule has 0 saturated heterocycles. The summed E-state index contributed by atoms with van der Waals surface area (Å²) in [5, 5.41) is 12.0. The van der Waals surface area contributed by atoms with Crippen LogP contribution in [0.1, 0.15) is 42.4 Å². The summed E-state index contributed by atoms with van der Waals surface area (Å²) in [7, 11) is 0. The third-order valence-electron chi connectivity index (χ3n) is 3.06. The highest BCUT2D eigenvalue weighted by atomic mass is 16.4. The molecule has 0 heterocycles. The average molecular weight is 263 g/mol. The highest BCUT2D eigenvalue weighted by Crippen LogP contribution is 2.24. The lowest BCUT2D eigenvalue weighted by molar-refractivity contribution is -0.140. The molecule has 4 heteroatoms. The Balaban J connectivity index is 2.88. The maximum atomic E-state index is 11.7. The van der Waals surface area contributed by atoms with Gasteiger partial charge in [-0.05, 0) is 31.4 Å². The number of nitrogens with one attached hydrogen (secondary N) is 1. The van der Waals surface area contributed by atoms with Gasteiger partial charge in [0.1, 0.15) is 0 Å². The van der Waals surface area contributed by atoms with E-state index in [-0.39, 0.29) is 12.3 Å². The van der Waals surface area contributed by atoms with E-state index >= 15 is 0 Å². The van der Waals surface area contributed by atoms with Crippen LogP contribution in [0.25, 0.3) is 0 Å².